The summed E-state index contributed by atoms with van der Waals surface area (Å²) < 4.78 is 4.47. The topological polar surface area (TPSA) is 43.4 Å². The Balaban J connectivity index is 2.51. The van der Waals surface area contributed by atoms with E-state index in [1.54, 1.807) is 12.1 Å². The van der Waals surface area contributed by atoms with E-state index in [0.717, 1.165) is 18.3 Å². The first-order valence-electron chi connectivity index (χ1n) is 5.05. The van der Waals surface area contributed by atoms with Crippen LogP contribution < -0.4 is 0 Å². The molecule has 0 unspecified atom stereocenters. The zero-order valence-corrected chi connectivity index (χ0v) is 9.18. The van der Waals surface area contributed by atoms with E-state index >= 15 is 0 Å². The molecule has 0 spiro atoms. The van der Waals surface area contributed by atoms with Crippen molar-refractivity contribution in [2.45, 2.75) is 12.8 Å². The Morgan fingerprint density at radius 2 is 2.12 bits per heavy atom. The highest BCUT2D eigenvalue weighted by atomic mass is 16.5. The zero-order chi connectivity index (χ0) is 11.8. The molecular weight excluding hydrogens is 204 g/mol. The molecule has 3 heteroatoms. The van der Waals surface area contributed by atoms with Gasteiger partial charge in [-0.1, -0.05) is 30.3 Å². The maximum Gasteiger partial charge on any atom is 0.330 e. The van der Waals surface area contributed by atoms with Gasteiger partial charge in [-0.05, 0) is 18.4 Å². The molecular formula is C13H14O3. The van der Waals surface area contributed by atoms with Gasteiger partial charge in [-0.15, -0.1) is 0 Å². The lowest BCUT2D eigenvalue weighted by atomic mass is 10.0. The molecule has 0 aromatic heterocycles. The fourth-order valence-corrected chi connectivity index (χ4v) is 1.36. The number of ether oxygens (including phenoxy) is 1. The quantitative estimate of drug-likeness (QED) is 0.432. The third-order valence-electron chi connectivity index (χ3n) is 2.22. The normalized spacial score (nSPS) is 10.3. The van der Waals surface area contributed by atoms with Crippen molar-refractivity contribution < 1.29 is 14.3 Å². The van der Waals surface area contributed by atoms with E-state index in [0.29, 0.717) is 12.0 Å². The van der Waals surface area contributed by atoms with E-state index in [1.165, 1.54) is 13.2 Å². The van der Waals surface area contributed by atoms with Crippen molar-refractivity contribution in [3.8, 4) is 0 Å². The molecule has 0 saturated heterocycles. The lowest BCUT2D eigenvalue weighted by Gasteiger charge is -2.01. The third kappa shape index (κ3) is 3.69. The monoisotopic (exact) mass is 218 g/mol. The van der Waals surface area contributed by atoms with Crippen LogP contribution in [-0.4, -0.2) is 19.4 Å². The van der Waals surface area contributed by atoms with Gasteiger partial charge in [0.05, 0.1) is 7.11 Å². The maximum absolute atomic E-state index is 10.8. The number of carbonyl (C=O) groups excluding carboxylic acids is 2. The minimum Gasteiger partial charge on any atom is -0.466 e. The van der Waals surface area contributed by atoms with Crippen molar-refractivity contribution in [1.82, 2.24) is 0 Å². The Hall–Kier alpha value is -1.90. The number of hydrogen-bond donors (Lipinski definition) is 0. The summed E-state index contributed by atoms with van der Waals surface area (Å²) in [5.74, 6) is -0.358. The van der Waals surface area contributed by atoms with Crippen LogP contribution >= 0.6 is 0 Å². The van der Waals surface area contributed by atoms with Crippen LogP contribution in [0.1, 0.15) is 22.3 Å². The van der Waals surface area contributed by atoms with Crippen molar-refractivity contribution in [2.75, 3.05) is 7.11 Å². The van der Waals surface area contributed by atoms with Crippen molar-refractivity contribution >= 4 is 12.3 Å². The van der Waals surface area contributed by atoms with Crippen LogP contribution in [0.5, 0.6) is 0 Å². The van der Waals surface area contributed by atoms with E-state index in [2.05, 4.69) is 4.74 Å². The predicted molar refractivity (Wildman–Crippen MR) is 61.3 cm³/mol. The molecule has 1 rings (SSSR count). The van der Waals surface area contributed by atoms with Gasteiger partial charge in [0, 0.05) is 11.6 Å². The van der Waals surface area contributed by atoms with Gasteiger partial charge in [0.1, 0.15) is 6.29 Å². The SMILES string of the molecule is COC(=O)/C=C/CCc1ccccc1C=O. The summed E-state index contributed by atoms with van der Waals surface area (Å²) in [5.41, 5.74) is 1.70. The van der Waals surface area contributed by atoms with Crippen LogP contribution in [0.25, 0.3) is 0 Å². The van der Waals surface area contributed by atoms with Crippen molar-refractivity contribution in [3.63, 3.8) is 0 Å². The predicted octanol–water partition coefficient (Wildman–Crippen LogP) is 2.16. The molecule has 0 amide bonds. The van der Waals surface area contributed by atoms with Gasteiger partial charge in [-0.2, -0.15) is 0 Å². The molecule has 0 bridgehead atoms. The van der Waals surface area contributed by atoms with Crippen molar-refractivity contribution in [1.29, 1.82) is 0 Å². The molecule has 0 aliphatic heterocycles. The minimum absolute atomic E-state index is 0.358. The van der Waals surface area contributed by atoms with Crippen molar-refractivity contribution in [2.24, 2.45) is 0 Å². The first-order chi connectivity index (χ1) is 7.77. The molecule has 0 radical (unpaired) electrons. The molecule has 0 atom stereocenters. The second-order valence-electron chi connectivity index (χ2n) is 3.28. The lowest BCUT2D eigenvalue weighted by Crippen LogP contribution is -1.94. The first-order valence-corrected chi connectivity index (χ1v) is 5.05. The highest BCUT2D eigenvalue weighted by molar-refractivity contribution is 5.81. The molecule has 0 heterocycles. The van der Waals surface area contributed by atoms with Crippen LogP contribution in [0.15, 0.2) is 36.4 Å². The smallest absolute Gasteiger partial charge is 0.330 e. The Morgan fingerprint density at radius 3 is 2.81 bits per heavy atom. The average Bonchev–Trinajstić information content (AvgIpc) is 2.34. The Bertz CT molecular complexity index is 394. The highest BCUT2D eigenvalue weighted by Crippen LogP contribution is 2.09. The number of aldehydes is 1. The lowest BCUT2D eigenvalue weighted by molar-refractivity contribution is -0.134. The molecule has 3 nitrogen and oxygen atoms in total. The van der Waals surface area contributed by atoms with Gasteiger partial charge in [0.25, 0.3) is 0 Å². The van der Waals surface area contributed by atoms with E-state index in [9.17, 15) is 9.59 Å². The summed E-state index contributed by atoms with van der Waals surface area (Å²) in [4.78, 5) is 21.5. The summed E-state index contributed by atoms with van der Waals surface area (Å²) in [6.07, 6.45) is 5.43. The first kappa shape index (κ1) is 12.2. The summed E-state index contributed by atoms with van der Waals surface area (Å²) in [6, 6.07) is 7.42. The number of aryl methyl sites for hydroxylation is 1. The number of allylic oxidation sites excluding steroid dienone is 1. The molecule has 0 aliphatic rings. The Kier molecular flexibility index (Phi) is 4.99. The number of esters is 1. The molecule has 0 N–H and O–H groups in total. The van der Waals surface area contributed by atoms with Crippen LogP contribution in [-0.2, 0) is 16.0 Å². The van der Waals surface area contributed by atoms with Crippen molar-refractivity contribution in [3.05, 3.63) is 47.5 Å². The number of carbonyl (C=O) groups is 2. The van der Waals surface area contributed by atoms with Crippen LogP contribution in [0.2, 0.25) is 0 Å². The van der Waals surface area contributed by atoms with Crippen LogP contribution in [0.3, 0.4) is 0 Å². The Morgan fingerprint density at radius 1 is 1.38 bits per heavy atom. The number of methoxy groups -OCH3 is 1. The molecule has 1 aromatic carbocycles. The van der Waals surface area contributed by atoms with Gasteiger partial charge in [-0.3, -0.25) is 4.79 Å². The summed E-state index contributed by atoms with van der Waals surface area (Å²) in [7, 11) is 1.34. The number of benzene rings is 1. The Labute approximate surface area is 94.7 Å². The number of rotatable bonds is 5. The molecule has 16 heavy (non-hydrogen) atoms. The highest BCUT2D eigenvalue weighted by Gasteiger charge is 1.98. The molecule has 1 aromatic rings. The molecule has 0 fully saturated rings. The van der Waals surface area contributed by atoms with Crippen LogP contribution in [0, 0.1) is 0 Å². The molecule has 0 aliphatic carbocycles. The van der Waals surface area contributed by atoms with Gasteiger partial charge in [0.15, 0.2) is 0 Å². The summed E-state index contributed by atoms with van der Waals surface area (Å²) >= 11 is 0. The molecule has 84 valence electrons. The molecule has 0 saturated carbocycles. The largest absolute Gasteiger partial charge is 0.466 e. The second kappa shape index (κ2) is 6.56. The average molecular weight is 218 g/mol. The third-order valence-corrected chi connectivity index (χ3v) is 2.22. The minimum atomic E-state index is -0.358. The van der Waals surface area contributed by atoms with E-state index in [1.807, 2.05) is 18.2 Å². The van der Waals surface area contributed by atoms with Gasteiger partial charge in [-0.25, -0.2) is 4.79 Å². The zero-order valence-electron chi connectivity index (χ0n) is 9.18. The fraction of sp³-hybridized carbons (Fsp3) is 0.231. The van der Waals surface area contributed by atoms with E-state index in [4.69, 9.17) is 0 Å². The summed E-state index contributed by atoms with van der Waals surface area (Å²) in [5, 5.41) is 0. The van der Waals surface area contributed by atoms with E-state index < -0.39 is 0 Å². The standard InChI is InChI=1S/C13H14O3/c1-16-13(15)9-5-4-7-11-6-2-3-8-12(11)10-14/h2-3,5-6,8-10H,4,7H2,1H3/b9-5+. The van der Waals surface area contributed by atoms with Gasteiger partial charge in [0.2, 0.25) is 0 Å². The second-order valence-corrected chi connectivity index (χ2v) is 3.28. The van der Waals surface area contributed by atoms with Crippen LogP contribution in [0.4, 0.5) is 0 Å². The van der Waals surface area contributed by atoms with Gasteiger partial charge >= 0.3 is 5.97 Å². The number of hydrogen-bond acceptors (Lipinski definition) is 3. The van der Waals surface area contributed by atoms with Gasteiger partial charge < -0.3 is 4.74 Å². The summed E-state index contributed by atoms with van der Waals surface area (Å²) in [6.45, 7) is 0. The fourth-order valence-electron chi connectivity index (χ4n) is 1.36. The van der Waals surface area contributed by atoms with E-state index in [-0.39, 0.29) is 5.97 Å². The maximum atomic E-state index is 10.8.